The van der Waals surface area contributed by atoms with Gasteiger partial charge < -0.3 is 24.4 Å². The fourth-order valence-electron chi connectivity index (χ4n) is 6.26. The molecule has 0 aliphatic carbocycles. The minimum absolute atomic E-state index is 0. The number of anilines is 1. The number of aromatic nitrogens is 2. The van der Waals surface area contributed by atoms with E-state index in [0.29, 0.717) is 6.04 Å². The molecule has 4 aromatic rings. The highest BCUT2D eigenvalue weighted by atomic mass is 35.5. The van der Waals surface area contributed by atoms with Crippen molar-refractivity contribution in [2.75, 3.05) is 52.8 Å². The van der Waals surface area contributed by atoms with Gasteiger partial charge >= 0.3 is 0 Å². The van der Waals surface area contributed by atoms with Crippen molar-refractivity contribution in [3.8, 4) is 28.5 Å². The average Bonchev–Trinajstić information content (AvgIpc) is 3.26. The highest BCUT2D eigenvalue weighted by Gasteiger charge is 2.22. The molecule has 3 aromatic carbocycles. The monoisotopic (exact) mass is 689 g/mol. The third-order valence-electron chi connectivity index (χ3n) is 8.74. The van der Waals surface area contributed by atoms with Crippen LogP contribution in [0.2, 0.25) is 0 Å². The first-order chi connectivity index (χ1) is 21.1. The average molecular weight is 691 g/mol. The van der Waals surface area contributed by atoms with Crippen LogP contribution >= 0.6 is 37.2 Å². The maximum absolute atomic E-state index is 6.32. The lowest BCUT2D eigenvalue weighted by atomic mass is 10.0. The van der Waals surface area contributed by atoms with E-state index in [1.54, 1.807) is 14.2 Å². The van der Waals surface area contributed by atoms with Crippen molar-refractivity contribution in [1.82, 2.24) is 20.0 Å². The number of benzene rings is 3. The first-order valence-electron chi connectivity index (χ1n) is 15.5. The first-order valence-corrected chi connectivity index (χ1v) is 15.5. The molecule has 8 nitrogen and oxygen atoms in total. The van der Waals surface area contributed by atoms with Gasteiger partial charge in [-0.15, -0.1) is 47.4 Å². The van der Waals surface area contributed by atoms with E-state index in [2.05, 4.69) is 68.8 Å². The molecule has 6 rings (SSSR count). The molecule has 2 saturated heterocycles. The fourth-order valence-corrected chi connectivity index (χ4v) is 6.26. The fraction of sp³-hybridized carbons (Fsp3) is 0.429. The smallest absolute Gasteiger partial charge is 0.156 e. The van der Waals surface area contributed by atoms with Crippen LogP contribution in [0.3, 0.4) is 0 Å². The zero-order valence-corrected chi connectivity index (χ0v) is 29.3. The van der Waals surface area contributed by atoms with Crippen LogP contribution in [0.25, 0.3) is 22.0 Å². The Morgan fingerprint density at radius 3 is 2.11 bits per heavy atom. The lowest BCUT2D eigenvalue weighted by Gasteiger charge is -2.32. The van der Waals surface area contributed by atoms with Gasteiger partial charge in [0, 0.05) is 48.6 Å². The van der Waals surface area contributed by atoms with E-state index >= 15 is 0 Å². The molecule has 1 unspecified atom stereocenters. The molecule has 46 heavy (non-hydrogen) atoms. The predicted molar refractivity (Wildman–Crippen MR) is 194 cm³/mol. The van der Waals surface area contributed by atoms with Gasteiger partial charge in [-0.1, -0.05) is 12.1 Å². The summed E-state index contributed by atoms with van der Waals surface area (Å²) in [7, 11) is 5.56. The Kier molecular flexibility index (Phi) is 14.5. The van der Waals surface area contributed by atoms with Crippen molar-refractivity contribution in [2.24, 2.45) is 0 Å². The minimum Gasteiger partial charge on any atom is -0.497 e. The Bertz CT molecular complexity index is 1500. The number of piperidine rings is 1. The topological polar surface area (TPSA) is 72.0 Å². The first kappa shape index (κ1) is 37.4. The lowest BCUT2D eigenvalue weighted by molar-refractivity contribution is 0.155. The Labute approximate surface area is 291 Å². The summed E-state index contributed by atoms with van der Waals surface area (Å²) in [6, 6.07) is 23.1. The summed E-state index contributed by atoms with van der Waals surface area (Å²) >= 11 is 0. The largest absolute Gasteiger partial charge is 0.497 e. The highest BCUT2D eigenvalue weighted by molar-refractivity contribution is 6.00. The number of likely N-dealkylation sites (N-methyl/N-ethyl adjacent to an activating group) is 1. The van der Waals surface area contributed by atoms with Crippen molar-refractivity contribution in [2.45, 2.75) is 50.8 Å². The zero-order valence-electron chi connectivity index (χ0n) is 26.8. The number of likely N-dealkylation sites (tertiary alicyclic amines) is 2. The summed E-state index contributed by atoms with van der Waals surface area (Å²) in [4.78, 5) is 4.92. The number of halogens is 3. The van der Waals surface area contributed by atoms with Crippen molar-refractivity contribution >= 4 is 53.8 Å². The van der Waals surface area contributed by atoms with Gasteiger partial charge in [0.15, 0.2) is 5.82 Å². The number of nitrogens with zero attached hydrogens (tertiary/aromatic N) is 4. The summed E-state index contributed by atoms with van der Waals surface area (Å²) < 4.78 is 17.2. The molecule has 1 N–H and O–H groups in total. The van der Waals surface area contributed by atoms with Crippen molar-refractivity contribution in [3.63, 3.8) is 0 Å². The quantitative estimate of drug-likeness (QED) is 0.194. The van der Waals surface area contributed by atoms with Crippen LogP contribution in [0.5, 0.6) is 17.2 Å². The van der Waals surface area contributed by atoms with Crippen LogP contribution < -0.4 is 19.5 Å². The van der Waals surface area contributed by atoms with E-state index in [0.717, 1.165) is 90.5 Å². The van der Waals surface area contributed by atoms with E-state index < -0.39 is 0 Å². The maximum atomic E-state index is 6.32. The zero-order chi connectivity index (χ0) is 29.6. The standard InChI is InChI=1S/C35H43N5O3.3ClH/c1-39-19-5-4-6-31(24-39)43-29-11-7-25(8-12-29)23-40-20-17-27(18-21-40)36-35-33-22-30(42-3)15-16-32(33)34(37-38-35)26-9-13-28(41-2)14-10-26;;;/h7-16,22,27,31H,4-6,17-21,23-24H2,1-3H3,(H,36,38);3*1H. The van der Waals surface area contributed by atoms with E-state index in [1.807, 2.05) is 30.3 Å². The summed E-state index contributed by atoms with van der Waals surface area (Å²) in [5.41, 5.74) is 3.17. The van der Waals surface area contributed by atoms with Crippen LogP contribution in [0.4, 0.5) is 5.82 Å². The second kappa shape index (κ2) is 17.8. The second-order valence-corrected chi connectivity index (χ2v) is 11.9. The summed E-state index contributed by atoms with van der Waals surface area (Å²) in [5, 5.41) is 15.1. The van der Waals surface area contributed by atoms with E-state index in [9.17, 15) is 0 Å². The van der Waals surface area contributed by atoms with Crippen LogP contribution in [0, 0.1) is 0 Å². The molecule has 0 radical (unpaired) electrons. The Hall–Kier alpha value is -3.01. The van der Waals surface area contributed by atoms with E-state index in [-0.39, 0.29) is 43.3 Å². The SMILES string of the molecule is COc1ccc(-c2nnc(NC3CCN(Cc4ccc(OC5CCCCN(C)C5)cc4)CC3)c3cc(OC)ccc23)cc1.Cl.Cl.Cl. The molecule has 250 valence electrons. The van der Waals surface area contributed by atoms with Gasteiger partial charge in [0.05, 0.1) is 14.2 Å². The van der Waals surface area contributed by atoms with Gasteiger partial charge in [-0.2, -0.15) is 0 Å². The third-order valence-corrected chi connectivity index (χ3v) is 8.74. The summed E-state index contributed by atoms with van der Waals surface area (Å²) in [6.45, 7) is 5.19. The van der Waals surface area contributed by atoms with Gasteiger partial charge in [0.2, 0.25) is 0 Å². The van der Waals surface area contributed by atoms with Crippen molar-refractivity contribution in [1.29, 1.82) is 0 Å². The molecule has 2 aliphatic heterocycles. The molecule has 0 amide bonds. The van der Waals surface area contributed by atoms with Gasteiger partial charge in [0.25, 0.3) is 0 Å². The number of nitrogens with one attached hydrogen (secondary N) is 1. The Balaban J connectivity index is 0.00000192. The summed E-state index contributed by atoms with van der Waals surface area (Å²) in [5.74, 6) is 3.41. The number of rotatable bonds is 9. The molecule has 3 heterocycles. The molecule has 1 atom stereocenters. The molecule has 0 saturated carbocycles. The molecular weight excluding hydrogens is 645 g/mol. The number of hydrogen-bond donors (Lipinski definition) is 1. The predicted octanol–water partition coefficient (Wildman–Crippen LogP) is 7.52. The molecular formula is C35H46Cl3N5O3. The van der Waals surface area contributed by atoms with Crippen molar-refractivity contribution in [3.05, 3.63) is 72.3 Å². The van der Waals surface area contributed by atoms with Gasteiger partial charge in [0.1, 0.15) is 29.0 Å². The van der Waals surface area contributed by atoms with Crippen LogP contribution in [0.15, 0.2) is 66.7 Å². The molecule has 0 bridgehead atoms. The van der Waals surface area contributed by atoms with Crippen molar-refractivity contribution < 1.29 is 14.2 Å². The van der Waals surface area contributed by atoms with Crippen LogP contribution in [-0.2, 0) is 6.54 Å². The van der Waals surface area contributed by atoms with Crippen LogP contribution in [-0.4, -0.2) is 79.6 Å². The highest BCUT2D eigenvalue weighted by Crippen LogP contribution is 2.34. The third kappa shape index (κ3) is 9.29. The normalized spacial score (nSPS) is 17.5. The van der Waals surface area contributed by atoms with E-state index in [1.165, 1.54) is 24.9 Å². The Morgan fingerprint density at radius 2 is 1.41 bits per heavy atom. The minimum atomic E-state index is 0. The number of fused-ring (bicyclic) bond motifs is 1. The lowest BCUT2D eigenvalue weighted by Crippen LogP contribution is -2.38. The molecule has 2 fully saturated rings. The number of methoxy groups -OCH3 is 2. The molecule has 0 spiro atoms. The Morgan fingerprint density at radius 1 is 0.739 bits per heavy atom. The molecule has 2 aliphatic rings. The van der Waals surface area contributed by atoms with Gasteiger partial charge in [-0.05, 0) is 106 Å². The van der Waals surface area contributed by atoms with Gasteiger partial charge in [-0.25, -0.2) is 0 Å². The number of ether oxygens (including phenoxy) is 3. The summed E-state index contributed by atoms with van der Waals surface area (Å²) in [6.07, 6.45) is 6.01. The number of hydrogen-bond acceptors (Lipinski definition) is 8. The second-order valence-electron chi connectivity index (χ2n) is 11.9. The van der Waals surface area contributed by atoms with Gasteiger partial charge in [-0.3, -0.25) is 4.90 Å². The molecule has 11 heteroatoms. The maximum Gasteiger partial charge on any atom is 0.156 e. The van der Waals surface area contributed by atoms with Crippen LogP contribution in [0.1, 0.15) is 37.7 Å². The van der Waals surface area contributed by atoms with E-state index in [4.69, 9.17) is 14.2 Å². The molecule has 1 aromatic heterocycles.